The van der Waals surface area contributed by atoms with Gasteiger partial charge in [0.05, 0.1) is 68.0 Å². The molecule has 0 amide bonds. The highest BCUT2D eigenvalue weighted by Gasteiger charge is 2.37. The highest BCUT2D eigenvalue weighted by atomic mass is 15.3. The van der Waals surface area contributed by atoms with Crippen molar-refractivity contribution in [1.29, 1.82) is 10.5 Å². The lowest BCUT2D eigenvalue weighted by Gasteiger charge is -2.44. The van der Waals surface area contributed by atoms with Gasteiger partial charge in [0.15, 0.2) is 0 Å². The molecule has 0 spiro atoms. The Morgan fingerprint density at radius 1 is 0.318 bits per heavy atom. The average Bonchev–Trinajstić information content (AvgIpc) is 3.36. The molecule has 2 heterocycles. The fraction of sp³-hybridized carbons (Fsp3) is 0.200. The van der Waals surface area contributed by atoms with Crippen LogP contribution >= 0.6 is 0 Å². The molecule has 0 aliphatic carbocycles. The molecule has 9 aromatic rings. The molecular weight excluding hydrogens is 805 g/mol. The van der Waals surface area contributed by atoms with E-state index in [0.29, 0.717) is 11.1 Å². The van der Waals surface area contributed by atoms with Crippen LogP contribution < -0.4 is 19.6 Å². The van der Waals surface area contributed by atoms with Crippen molar-refractivity contribution in [3.05, 3.63) is 169 Å². The van der Waals surface area contributed by atoms with Gasteiger partial charge in [-0.25, -0.2) is 0 Å². The molecule has 0 bridgehead atoms. The molecule has 0 unspecified atom stereocenters. The van der Waals surface area contributed by atoms with Gasteiger partial charge >= 0.3 is 0 Å². The Morgan fingerprint density at radius 3 is 0.803 bits per heavy atom. The Bertz CT molecular complexity index is 3030. The van der Waals surface area contributed by atoms with Crippen LogP contribution in [0.5, 0.6) is 0 Å². The van der Waals surface area contributed by atoms with Gasteiger partial charge in [0.25, 0.3) is 0 Å². The van der Waals surface area contributed by atoms with Crippen LogP contribution in [0.1, 0.15) is 76.3 Å². The van der Waals surface area contributed by atoms with E-state index in [1.54, 1.807) is 0 Å². The van der Waals surface area contributed by atoms with Gasteiger partial charge in [-0.2, -0.15) is 10.5 Å². The minimum Gasteiger partial charge on any atom is -0.338 e. The van der Waals surface area contributed by atoms with E-state index >= 15 is 0 Å². The summed E-state index contributed by atoms with van der Waals surface area (Å²) in [6.07, 6.45) is 9.16. The van der Waals surface area contributed by atoms with Gasteiger partial charge in [-0.3, -0.25) is 0 Å². The lowest BCUT2D eigenvalue weighted by Crippen LogP contribution is -2.31. The zero-order valence-corrected chi connectivity index (χ0v) is 37.8. The number of fused-ring (bicyclic) bond motifs is 8. The molecular formula is C60H52N6. The molecule has 9 aromatic carbocycles. The maximum atomic E-state index is 10.9. The molecule has 6 heteroatoms. The molecule has 0 radical (unpaired) electrons. The van der Waals surface area contributed by atoms with Crippen molar-refractivity contribution in [2.75, 3.05) is 32.7 Å². The molecule has 0 atom stereocenters. The standard InChI is InChI=1S/C60H52N6/c1-3-5-7-17-27-63-51-29-41-19-9-13-23-45(41)33-55(51)65(56-34-46-24-14-10-20-42(46)30-52(56)63)59-37-49(39-61)50(40-62)38-60(59)66-57-35-47-25-15-11-21-43(47)31-53(57)64(28-18-8-6-4-2)54-32-44-22-12-16-26-48(44)36-58(54)66/h9-16,19-26,29-38H,3-8,17-18,27-28H2,1-2H3. The number of benzene rings is 9. The summed E-state index contributed by atoms with van der Waals surface area (Å²) in [4.78, 5) is 9.85. The highest BCUT2D eigenvalue weighted by Crippen LogP contribution is 2.60. The molecule has 2 aliphatic heterocycles. The summed E-state index contributed by atoms with van der Waals surface area (Å²) in [6, 6.07) is 62.1. The zero-order chi connectivity index (χ0) is 44.7. The fourth-order valence-electron chi connectivity index (χ4n) is 10.5. The molecule has 322 valence electrons. The van der Waals surface area contributed by atoms with Crippen molar-refractivity contribution in [2.24, 2.45) is 0 Å². The molecule has 0 N–H and O–H groups in total. The Kier molecular flexibility index (Phi) is 10.7. The summed E-state index contributed by atoms with van der Waals surface area (Å²) in [7, 11) is 0. The number of anilines is 10. The average molecular weight is 857 g/mol. The summed E-state index contributed by atoms with van der Waals surface area (Å²) in [6.45, 7) is 6.27. The van der Waals surface area contributed by atoms with E-state index in [-0.39, 0.29) is 0 Å². The number of rotatable bonds is 12. The van der Waals surface area contributed by atoms with Crippen LogP contribution in [-0.4, -0.2) is 13.1 Å². The largest absolute Gasteiger partial charge is 0.338 e. The summed E-state index contributed by atoms with van der Waals surface area (Å²) >= 11 is 0. The van der Waals surface area contributed by atoms with Gasteiger partial charge in [-0.05, 0) is 117 Å². The van der Waals surface area contributed by atoms with Gasteiger partial charge in [0.1, 0.15) is 12.1 Å². The lowest BCUT2D eigenvalue weighted by atomic mass is 9.95. The highest BCUT2D eigenvalue weighted by molar-refractivity contribution is 6.12. The van der Waals surface area contributed by atoms with Crippen molar-refractivity contribution in [2.45, 2.75) is 65.2 Å². The number of hydrogen-bond acceptors (Lipinski definition) is 6. The van der Waals surface area contributed by atoms with Crippen molar-refractivity contribution >= 4 is 100.0 Å². The Hall–Kier alpha value is -7.80. The van der Waals surface area contributed by atoms with E-state index in [2.05, 4.69) is 191 Å². The minimum atomic E-state index is 0.343. The van der Waals surface area contributed by atoms with E-state index in [1.165, 1.54) is 47.2 Å². The van der Waals surface area contributed by atoms with Gasteiger partial charge in [0.2, 0.25) is 0 Å². The molecule has 0 saturated heterocycles. The predicted molar refractivity (Wildman–Crippen MR) is 278 cm³/mol. The SMILES string of the molecule is CCCCCCN1c2cc3ccccc3cc2N(c2cc(C#N)c(C#N)cc2N2c3cc4ccccc4cc3N(CCCCCC)c3cc4ccccc4cc32)c2cc3ccccc3cc21. The van der Waals surface area contributed by atoms with Crippen LogP contribution in [0.25, 0.3) is 43.1 Å². The minimum absolute atomic E-state index is 0.343. The number of hydrogen-bond donors (Lipinski definition) is 0. The van der Waals surface area contributed by atoms with Crippen LogP contribution in [-0.2, 0) is 0 Å². The van der Waals surface area contributed by atoms with E-state index in [1.807, 2.05) is 12.1 Å². The lowest BCUT2D eigenvalue weighted by molar-refractivity contribution is 0.667. The number of nitriles is 2. The molecule has 0 aromatic heterocycles. The molecule has 6 nitrogen and oxygen atoms in total. The molecule has 2 aliphatic rings. The van der Waals surface area contributed by atoms with Gasteiger partial charge in [-0.1, -0.05) is 149 Å². The maximum absolute atomic E-state index is 10.9. The second kappa shape index (κ2) is 17.3. The summed E-state index contributed by atoms with van der Waals surface area (Å²) in [5, 5.41) is 31.0. The van der Waals surface area contributed by atoms with E-state index in [4.69, 9.17) is 0 Å². The molecule has 0 saturated carbocycles. The summed E-state index contributed by atoms with van der Waals surface area (Å²) < 4.78 is 0. The maximum Gasteiger partial charge on any atom is 0.101 e. The van der Waals surface area contributed by atoms with Crippen molar-refractivity contribution < 1.29 is 0 Å². The van der Waals surface area contributed by atoms with Crippen LogP contribution in [0.4, 0.5) is 56.9 Å². The van der Waals surface area contributed by atoms with Crippen LogP contribution in [0, 0.1) is 22.7 Å². The van der Waals surface area contributed by atoms with E-state index in [0.717, 1.165) is 117 Å². The normalized spacial score (nSPS) is 12.8. The summed E-state index contributed by atoms with van der Waals surface area (Å²) in [5.74, 6) is 0. The second-order valence-electron chi connectivity index (χ2n) is 18.0. The number of unbranched alkanes of at least 4 members (excludes halogenated alkanes) is 6. The predicted octanol–water partition coefficient (Wildman–Crippen LogP) is 17.0. The van der Waals surface area contributed by atoms with E-state index in [9.17, 15) is 10.5 Å². The zero-order valence-electron chi connectivity index (χ0n) is 37.8. The molecule has 66 heavy (non-hydrogen) atoms. The van der Waals surface area contributed by atoms with Crippen molar-refractivity contribution in [3.63, 3.8) is 0 Å². The Morgan fingerprint density at radius 2 is 0.561 bits per heavy atom. The van der Waals surface area contributed by atoms with Crippen molar-refractivity contribution in [1.82, 2.24) is 0 Å². The second-order valence-corrected chi connectivity index (χ2v) is 18.0. The quantitative estimate of drug-likeness (QED) is 0.114. The topological polar surface area (TPSA) is 60.5 Å². The smallest absolute Gasteiger partial charge is 0.101 e. The van der Waals surface area contributed by atoms with Crippen LogP contribution in [0.3, 0.4) is 0 Å². The third-order valence-electron chi connectivity index (χ3n) is 13.8. The third-order valence-corrected chi connectivity index (χ3v) is 13.8. The van der Waals surface area contributed by atoms with E-state index < -0.39 is 0 Å². The Balaban J connectivity index is 1.23. The molecule has 0 fully saturated rings. The number of nitrogens with zero attached hydrogens (tertiary/aromatic N) is 6. The van der Waals surface area contributed by atoms with Crippen molar-refractivity contribution in [3.8, 4) is 12.1 Å². The first-order chi connectivity index (χ1) is 32.6. The first kappa shape index (κ1) is 40.9. The first-order valence-electron chi connectivity index (χ1n) is 23.8. The van der Waals surface area contributed by atoms with Crippen LogP contribution in [0.15, 0.2) is 158 Å². The van der Waals surface area contributed by atoms with Gasteiger partial charge < -0.3 is 19.6 Å². The first-order valence-corrected chi connectivity index (χ1v) is 23.8. The fourth-order valence-corrected chi connectivity index (χ4v) is 10.5. The summed E-state index contributed by atoms with van der Waals surface area (Å²) in [5.41, 5.74) is 11.0. The van der Waals surface area contributed by atoms with Gasteiger partial charge in [-0.15, -0.1) is 0 Å². The Labute approximate surface area is 387 Å². The van der Waals surface area contributed by atoms with Crippen LogP contribution in [0.2, 0.25) is 0 Å². The van der Waals surface area contributed by atoms with Gasteiger partial charge in [0, 0.05) is 13.1 Å². The molecule has 11 rings (SSSR count). The third kappa shape index (κ3) is 7.02. The monoisotopic (exact) mass is 856 g/mol.